The lowest BCUT2D eigenvalue weighted by molar-refractivity contribution is 0.322. The van der Waals surface area contributed by atoms with E-state index in [-0.39, 0.29) is 11.6 Å². The monoisotopic (exact) mass is 256 g/mol. The fourth-order valence-corrected chi connectivity index (χ4v) is 2.11. The van der Waals surface area contributed by atoms with Crippen molar-refractivity contribution in [3.8, 4) is 16.9 Å². The standard InChI is InChI=1S/C15H13FN2O/c1-2-19-14-5-3-4-12(15(14)16)10-6-7-11-9-17-18-13(11)8-10/h3-9H,2H2,1H3,(H,17,18). The van der Waals surface area contributed by atoms with Gasteiger partial charge in [0.2, 0.25) is 0 Å². The van der Waals surface area contributed by atoms with E-state index in [9.17, 15) is 4.39 Å². The largest absolute Gasteiger partial charge is 0.491 e. The Morgan fingerprint density at radius 3 is 3.00 bits per heavy atom. The highest BCUT2D eigenvalue weighted by molar-refractivity contribution is 5.84. The molecular formula is C15H13FN2O. The molecule has 0 spiro atoms. The number of aromatic amines is 1. The zero-order chi connectivity index (χ0) is 13.2. The Bertz CT molecular complexity index is 721. The van der Waals surface area contributed by atoms with E-state index in [0.717, 1.165) is 16.5 Å². The number of benzene rings is 2. The van der Waals surface area contributed by atoms with Gasteiger partial charge in [-0.2, -0.15) is 5.10 Å². The van der Waals surface area contributed by atoms with E-state index >= 15 is 0 Å². The van der Waals surface area contributed by atoms with E-state index in [1.54, 1.807) is 24.4 Å². The van der Waals surface area contributed by atoms with Crippen molar-refractivity contribution in [3.63, 3.8) is 0 Å². The third kappa shape index (κ3) is 2.05. The Morgan fingerprint density at radius 1 is 1.26 bits per heavy atom. The average Bonchev–Trinajstić information content (AvgIpc) is 2.88. The van der Waals surface area contributed by atoms with E-state index in [2.05, 4.69) is 10.2 Å². The number of aromatic nitrogens is 2. The normalized spacial score (nSPS) is 10.8. The van der Waals surface area contributed by atoms with Crippen molar-refractivity contribution >= 4 is 10.9 Å². The molecule has 0 radical (unpaired) electrons. The summed E-state index contributed by atoms with van der Waals surface area (Å²) in [6.45, 7) is 2.28. The molecule has 2 aromatic carbocycles. The molecule has 19 heavy (non-hydrogen) atoms. The van der Waals surface area contributed by atoms with Gasteiger partial charge in [0, 0.05) is 10.9 Å². The highest BCUT2D eigenvalue weighted by Crippen LogP contribution is 2.30. The fraction of sp³-hybridized carbons (Fsp3) is 0.133. The molecule has 0 aliphatic rings. The van der Waals surface area contributed by atoms with Gasteiger partial charge in [-0.3, -0.25) is 5.10 Å². The number of ether oxygens (including phenoxy) is 1. The quantitative estimate of drug-likeness (QED) is 0.774. The minimum atomic E-state index is -0.330. The molecule has 0 saturated carbocycles. The molecule has 0 bridgehead atoms. The molecule has 96 valence electrons. The summed E-state index contributed by atoms with van der Waals surface area (Å²) < 4.78 is 19.6. The van der Waals surface area contributed by atoms with Crippen LogP contribution in [0.15, 0.2) is 42.6 Å². The van der Waals surface area contributed by atoms with Gasteiger partial charge in [-0.25, -0.2) is 4.39 Å². The Balaban J connectivity index is 2.12. The lowest BCUT2D eigenvalue weighted by atomic mass is 10.0. The molecule has 3 rings (SSSR count). The van der Waals surface area contributed by atoms with E-state index < -0.39 is 0 Å². The summed E-state index contributed by atoms with van der Waals surface area (Å²) >= 11 is 0. The summed E-state index contributed by atoms with van der Waals surface area (Å²) in [7, 11) is 0. The summed E-state index contributed by atoms with van der Waals surface area (Å²) in [5.74, 6) is -0.0482. The van der Waals surface area contributed by atoms with E-state index in [1.165, 1.54) is 0 Å². The first kappa shape index (κ1) is 11.7. The first-order valence-corrected chi connectivity index (χ1v) is 6.14. The van der Waals surface area contributed by atoms with Crippen LogP contribution in [-0.2, 0) is 0 Å². The van der Waals surface area contributed by atoms with Crippen molar-refractivity contribution in [3.05, 3.63) is 48.4 Å². The molecule has 0 saturated heterocycles. The van der Waals surface area contributed by atoms with Gasteiger partial charge >= 0.3 is 0 Å². The second kappa shape index (κ2) is 4.72. The molecule has 0 unspecified atom stereocenters. The lowest BCUT2D eigenvalue weighted by Gasteiger charge is -2.09. The predicted octanol–water partition coefficient (Wildman–Crippen LogP) is 3.77. The third-order valence-corrected chi connectivity index (χ3v) is 3.02. The molecule has 0 aliphatic carbocycles. The van der Waals surface area contributed by atoms with Gasteiger partial charge in [-0.1, -0.05) is 24.3 Å². The number of nitrogens with zero attached hydrogens (tertiary/aromatic N) is 1. The number of halogens is 1. The number of H-pyrrole nitrogens is 1. The Kier molecular flexibility index (Phi) is 2.91. The summed E-state index contributed by atoms with van der Waals surface area (Å²) in [6.07, 6.45) is 1.74. The maximum atomic E-state index is 14.3. The van der Waals surface area contributed by atoms with Gasteiger partial charge in [0.25, 0.3) is 0 Å². The molecule has 0 amide bonds. The molecule has 0 atom stereocenters. The predicted molar refractivity (Wildman–Crippen MR) is 72.7 cm³/mol. The van der Waals surface area contributed by atoms with E-state index in [0.29, 0.717) is 12.2 Å². The minimum absolute atomic E-state index is 0.282. The van der Waals surface area contributed by atoms with Gasteiger partial charge in [-0.05, 0) is 24.6 Å². The van der Waals surface area contributed by atoms with Gasteiger partial charge in [0.15, 0.2) is 11.6 Å². The third-order valence-electron chi connectivity index (χ3n) is 3.02. The van der Waals surface area contributed by atoms with Crippen molar-refractivity contribution in [2.75, 3.05) is 6.61 Å². The molecule has 0 fully saturated rings. The Hall–Kier alpha value is -2.36. The Morgan fingerprint density at radius 2 is 2.16 bits per heavy atom. The maximum absolute atomic E-state index is 14.3. The number of fused-ring (bicyclic) bond motifs is 1. The van der Waals surface area contributed by atoms with E-state index in [4.69, 9.17) is 4.74 Å². The maximum Gasteiger partial charge on any atom is 0.172 e. The molecule has 3 aromatic rings. The minimum Gasteiger partial charge on any atom is -0.491 e. The zero-order valence-electron chi connectivity index (χ0n) is 10.5. The summed E-state index contributed by atoms with van der Waals surface area (Å²) in [6, 6.07) is 10.9. The van der Waals surface area contributed by atoms with Crippen LogP contribution in [0.3, 0.4) is 0 Å². The molecule has 3 nitrogen and oxygen atoms in total. The first-order valence-electron chi connectivity index (χ1n) is 6.14. The highest BCUT2D eigenvalue weighted by atomic mass is 19.1. The fourth-order valence-electron chi connectivity index (χ4n) is 2.11. The number of rotatable bonds is 3. The molecule has 4 heteroatoms. The summed E-state index contributed by atoms with van der Waals surface area (Å²) in [5, 5.41) is 7.85. The average molecular weight is 256 g/mol. The smallest absolute Gasteiger partial charge is 0.172 e. The summed E-state index contributed by atoms with van der Waals surface area (Å²) in [5.41, 5.74) is 2.22. The van der Waals surface area contributed by atoms with Crippen LogP contribution < -0.4 is 4.74 Å². The second-order valence-electron chi connectivity index (χ2n) is 4.22. The van der Waals surface area contributed by atoms with Crippen molar-refractivity contribution in [1.82, 2.24) is 10.2 Å². The van der Waals surface area contributed by atoms with Crippen LogP contribution in [0.4, 0.5) is 4.39 Å². The van der Waals surface area contributed by atoms with Gasteiger partial charge in [-0.15, -0.1) is 0 Å². The molecule has 0 aliphatic heterocycles. The van der Waals surface area contributed by atoms with Crippen molar-refractivity contribution < 1.29 is 9.13 Å². The SMILES string of the molecule is CCOc1cccc(-c2ccc3cn[nH]c3c2)c1F. The van der Waals surface area contributed by atoms with Gasteiger partial charge in [0.05, 0.1) is 18.3 Å². The van der Waals surface area contributed by atoms with E-state index in [1.807, 2.05) is 25.1 Å². The summed E-state index contributed by atoms with van der Waals surface area (Å²) in [4.78, 5) is 0. The van der Waals surface area contributed by atoms with Crippen LogP contribution >= 0.6 is 0 Å². The molecule has 1 N–H and O–H groups in total. The van der Waals surface area contributed by atoms with Crippen LogP contribution in [0.25, 0.3) is 22.0 Å². The van der Waals surface area contributed by atoms with Crippen LogP contribution in [0.5, 0.6) is 5.75 Å². The lowest BCUT2D eigenvalue weighted by Crippen LogP contribution is -1.96. The van der Waals surface area contributed by atoms with Crippen molar-refractivity contribution in [2.45, 2.75) is 6.92 Å². The molecular weight excluding hydrogens is 243 g/mol. The van der Waals surface area contributed by atoms with Gasteiger partial charge < -0.3 is 4.74 Å². The second-order valence-corrected chi connectivity index (χ2v) is 4.22. The Labute approximate surface area is 110 Å². The number of hydrogen-bond acceptors (Lipinski definition) is 2. The number of hydrogen-bond donors (Lipinski definition) is 1. The first-order chi connectivity index (χ1) is 9.29. The molecule has 1 aromatic heterocycles. The van der Waals surface area contributed by atoms with Crippen LogP contribution in [0.1, 0.15) is 6.92 Å². The van der Waals surface area contributed by atoms with Crippen molar-refractivity contribution in [2.24, 2.45) is 0 Å². The highest BCUT2D eigenvalue weighted by Gasteiger charge is 2.11. The number of nitrogens with one attached hydrogen (secondary N) is 1. The van der Waals surface area contributed by atoms with Crippen molar-refractivity contribution in [1.29, 1.82) is 0 Å². The molecule has 1 heterocycles. The zero-order valence-corrected chi connectivity index (χ0v) is 10.5. The van der Waals surface area contributed by atoms with Crippen LogP contribution in [-0.4, -0.2) is 16.8 Å². The van der Waals surface area contributed by atoms with Crippen LogP contribution in [0, 0.1) is 5.82 Å². The topological polar surface area (TPSA) is 37.9 Å². The van der Waals surface area contributed by atoms with Gasteiger partial charge in [0.1, 0.15) is 0 Å². The van der Waals surface area contributed by atoms with Crippen LogP contribution in [0.2, 0.25) is 0 Å².